The van der Waals surface area contributed by atoms with Gasteiger partial charge in [0.1, 0.15) is 12.2 Å². The minimum Gasteiger partial charge on any atom is -0.366 e. The van der Waals surface area contributed by atoms with E-state index in [0.717, 1.165) is 4.47 Å². The Kier molecular flexibility index (Phi) is 4.40. The molecule has 0 spiro atoms. The van der Waals surface area contributed by atoms with Gasteiger partial charge in [-0.05, 0) is 26.0 Å². The molecule has 100 valence electrons. The van der Waals surface area contributed by atoms with Crippen molar-refractivity contribution >= 4 is 15.9 Å². The molecule has 0 radical (unpaired) electrons. The number of halogens is 1. The highest BCUT2D eigenvalue weighted by molar-refractivity contribution is 9.10. The van der Waals surface area contributed by atoms with Crippen LogP contribution in [0.5, 0.6) is 0 Å². The summed E-state index contributed by atoms with van der Waals surface area (Å²) in [6.07, 6.45) is -1.22. The first kappa shape index (κ1) is 14.0. The molecule has 2 heterocycles. The largest absolute Gasteiger partial charge is 0.366 e. The van der Waals surface area contributed by atoms with E-state index in [1.165, 1.54) is 0 Å². The number of hydrogen-bond acceptors (Lipinski definition) is 4. The molecule has 3 atom stereocenters. The first-order valence-corrected chi connectivity index (χ1v) is 6.63. The second-order valence-corrected chi connectivity index (χ2v) is 5.57. The van der Waals surface area contributed by atoms with E-state index in [1.807, 2.05) is 44.2 Å². The zero-order valence-corrected chi connectivity index (χ0v) is 12.0. The SMILES string of the molecule is Brc1ccccc1.CC1(C)OC2C(O)OC[C@@H]2O1. The summed E-state index contributed by atoms with van der Waals surface area (Å²) in [4.78, 5) is 0. The molecule has 2 aliphatic heterocycles. The van der Waals surface area contributed by atoms with Crippen molar-refractivity contribution in [2.45, 2.75) is 38.1 Å². The summed E-state index contributed by atoms with van der Waals surface area (Å²) in [5.41, 5.74) is 0. The predicted molar refractivity (Wildman–Crippen MR) is 69.9 cm³/mol. The molecule has 2 unspecified atom stereocenters. The monoisotopic (exact) mass is 316 g/mol. The number of rotatable bonds is 0. The molecule has 0 bridgehead atoms. The summed E-state index contributed by atoms with van der Waals surface area (Å²) >= 11 is 3.31. The van der Waals surface area contributed by atoms with Gasteiger partial charge >= 0.3 is 0 Å². The lowest BCUT2D eigenvalue weighted by molar-refractivity contribution is -0.205. The van der Waals surface area contributed by atoms with Gasteiger partial charge in [-0.25, -0.2) is 0 Å². The highest BCUT2D eigenvalue weighted by Crippen LogP contribution is 2.33. The zero-order chi connectivity index (χ0) is 13.2. The summed E-state index contributed by atoms with van der Waals surface area (Å²) in [7, 11) is 0. The van der Waals surface area contributed by atoms with Crippen molar-refractivity contribution in [3.8, 4) is 0 Å². The van der Waals surface area contributed by atoms with Gasteiger partial charge in [0.05, 0.1) is 6.61 Å². The molecule has 3 rings (SSSR count). The van der Waals surface area contributed by atoms with E-state index in [0.29, 0.717) is 6.61 Å². The van der Waals surface area contributed by atoms with Crippen LogP contribution in [-0.4, -0.2) is 36.0 Å². The van der Waals surface area contributed by atoms with Gasteiger partial charge in [-0.2, -0.15) is 0 Å². The van der Waals surface area contributed by atoms with Gasteiger partial charge in [0.15, 0.2) is 12.1 Å². The normalized spacial score (nSPS) is 32.6. The average molecular weight is 317 g/mol. The van der Waals surface area contributed by atoms with Gasteiger partial charge in [-0.15, -0.1) is 0 Å². The minimum atomic E-state index is -0.818. The van der Waals surface area contributed by atoms with Gasteiger partial charge in [0.25, 0.3) is 0 Å². The third kappa shape index (κ3) is 3.52. The van der Waals surface area contributed by atoms with Crippen molar-refractivity contribution in [1.82, 2.24) is 0 Å². The zero-order valence-electron chi connectivity index (χ0n) is 10.4. The molecule has 1 N–H and O–H groups in total. The van der Waals surface area contributed by atoms with E-state index in [2.05, 4.69) is 15.9 Å². The van der Waals surface area contributed by atoms with Crippen LogP contribution >= 0.6 is 15.9 Å². The molecule has 0 aliphatic carbocycles. The number of fused-ring (bicyclic) bond motifs is 1. The van der Waals surface area contributed by atoms with Crippen LogP contribution in [0.15, 0.2) is 34.8 Å². The molecule has 2 saturated heterocycles. The van der Waals surface area contributed by atoms with Crippen LogP contribution in [0.1, 0.15) is 13.8 Å². The fourth-order valence-electron chi connectivity index (χ4n) is 1.94. The minimum absolute atomic E-state index is 0.0972. The number of aliphatic hydroxyl groups is 1. The van der Waals surface area contributed by atoms with E-state index in [1.54, 1.807) is 0 Å². The Morgan fingerprint density at radius 2 is 1.89 bits per heavy atom. The fraction of sp³-hybridized carbons (Fsp3) is 0.538. The third-order valence-corrected chi connectivity index (χ3v) is 3.20. The van der Waals surface area contributed by atoms with Crippen LogP contribution in [0.2, 0.25) is 0 Å². The molecular formula is C13H17BrO4. The molecule has 2 aliphatic rings. The van der Waals surface area contributed by atoms with Crippen molar-refractivity contribution in [2.75, 3.05) is 6.61 Å². The smallest absolute Gasteiger partial charge is 0.184 e. The molecule has 5 heteroatoms. The summed E-state index contributed by atoms with van der Waals surface area (Å²) in [5, 5.41) is 9.20. The first-order chi connectivity index (χ1) is 8.48. The second-order valence-electron chi connectivity index (χ2n) is 4.66. The van der Waals surface area contributed by atoms with Crippen LogP contribution in [0.3, 0.4) is 0 Å². The average Bonchev–Trinajstić information content (AvgIpc) is 2.78. The van der Waals surface area contributed by atoms with Crippen molar-refractivity contribution in [1.29, 1.82) is 0 Å². The Bertz CT molecular complexity index is 382. The standard InChI is InChI=1S/C7H12O4.C6H5Br/c1-7(2)10-4-3-9-6(8)5(4)11-7;7-6-4-2-1-3-5-6/h4-6,8H,3H2,1-2H3;1-5H/t4-,5?,6?;/m0./s1. The molecule has 0 amide bonds. The predicted octanol–water partition coefficient (Wildman–Crippen LogP) is 2.30. The number of aliphatic hydroxyl groups excluding tert-OH is 1. The van der Waals surface area contributed by atoms with Crippen LogP contribution in [-0.2, 0) is 14.2 Å². The lowest BCUT2D eigenvalue weighted by Gasteiger charge is -2.19. The van der Waals surface area contributed by atoms with E-state index >= 15 is 0 Å². The molecule has 0 aromatic heterocycles. The van der Waals surface area contributed by atoms with Gasteiger partial charge in [0, 0.05) is 4.47 Å². The van der Waals surface area contributed by atoms with E-state index in [4.69, 9.17) is 14.2 Å². The van der Waals surface area contributed by atoms with Crippen LogP contribution in [0, 0.1) is 0 Å². The molecular weight excluding hydrogens is 300 g/mol. The van der Waals surface area contributed by atoms with Crippen molar-refractivity contribution in [3.05, 3.63) is 34.8 Å². The second kappa shape index (κ2) is 5.67. The quantitative estimate of drug-likeness (QED) is 0.798. The lowest BCUT2D eigenvalue weighted by Crippen LogP contribution is -2.29. The third-order valence-electron chi connectivity index (χ3n) is 2.67. The maximum Gasteiger partial charge on any atom is 0.184 e. The summed E-state index contributed by atoms with van der Waals surface area (Å²) in [6, 6.07) is 9.97. The molecule has 18 heavy (non-hydrogen) atoms. The Hall–Kier alpha value is -0.460. The van der Waals surface area contributed by atoms with Gasteiger partial charge < -0.3 is 19.3 Å². The summed E-state index contributed by atoms with van der Waals surface area (Å²) in [5.74, 6) is -0.569. The molecule has 4 nitrogen and oxygen atoms in total. The number of ether oxygens (including phenoxy) is 3. The molecule has 1 aromatic rings. The maximum atomic E-state index is 9.20. The van der Waals surface area contributed by atoms with Crippen LogP contribution in [0.4, 0.5) is 0 Å². The lowest BCUT2D eigenvalue weighted by atomic mass is 10.2. The number of hydrogen-bond donors (Lipinski definition) is 1. The molecule has 2 fully saturated rings. The Balaban J connectivity index is 0.000000149. The maximum absolute atomic E-state index is 9.20. The Labute approximate surface area is 115 Å². The van der Waals surface area contributed by atoms with Gasteiger partial charge in [0.2, 0.25) is 0 Å². The Morgan fingerprint density at radius 1 is 1.22 bits per heavy atom. The topological polar surface area (TPSA) is 47.9 Å². The van der Waals surface area contributed by atoms with Crippen molar-refractivity contribution < 1.29 is 19.3 Å². The van der Waals surface area contributed by atoms with Crippen LogP contribution in [0.25, 0.3) is 0 Å². The summed E-state index contributed by atoms with van der Waals surface area (Å²) in [6.45, 7) is 4.09. The van der Waals surface area contributed by atoms with Crippen molar-refractivity contribution in [3.63, 3.8) is 0 Å². The first-order valence-electron chi connectivity index (χ1n) is 5.84. The highest BCUT2D eigenvalue weighted by Gasteiger charge is 2.49. The number of benzene rings is 1. The van der Waals surface area contributed by atoms with Crippen molar-refractivity contribution in [2.24, 2.45) is 0 Å². The molecule has 1 aromatic carbocycles. The van der Waals surface area contributed by atoms with E-state index < -0.39 is 12.1 Å². The Morgan fingerprint density at radius 3 is 2.39 bits per heavy atom. The van der Waals surface area contributed by atoms with E-state index in [9.17, 15) is 5.11 Å². The van der Waals surface area contributed by atoms with Gasteiger partial charge in [-0.3, -0.25) is 0 Å². The highest BCUT2D eigenvalue weighted by atomic mass is 79.9. The summed E-state index contributed by atoms with van der Waals surface area (Å²) < 4.78 is 16.9. The van der Waals surface area contributed by atoms with Gasteiger partial charge in [-0.1, -0.05) is 34.1 Å². The molecule has 0 saturated carbocycles. The van der Waals surface area contributed by atoms with E-state index in [-0.39, 0.29) is 12.2 Å². The van der Waals surface area contributed by atoms with Crippen LogP contribution < -0.4 is 0 Å². The fourth-order valence-corrected chi connectivity index (χ4v) is 2.24.